The Hall–Kier alpha value is -4.12. The predicted molar refractivity (Wildman–Crippen MR) is 160 cm³/mol. The Morgan fingerprint density at radius 3 is 2.19 bits per heavy atom. The number of ether oxygens (including phenoxy) is 2. The van der Waals surface area contributed by atoms with Crippen LogP contribution in [0, 0.1) is 18.7 Å². The number of aryl methyl sites for hydroxylation is 1. The van der Waals surface area contributed by atoms with E-state index in [1.54, 1.807) is 6.92 Å². The van der Waals surface area contributed by atoms with E-state index in [1.807, 2.05) is 45.0 Å². The van der Waals surface area contributed by atoms with Crippen LogP contribution in [0.1, 0.15) is 31.9 Å². The molecule has 0 saturated carbocycles. The molecule has 9 nitrogen and oxygen atoms in total. The van der Waals surface area contributed by atoms with Crippen molar-refractivity contribution in [3.63, 3.8) is 0 Å². The second-order valence-corrected chi connectivity index (χ2v) is 12.2. The van der Waals surface area contributed by atoms with Crippen LogP contribution in [0.25, 0.3) is 0 Å². The zero-order chi connectivity index (χ0) is 31.0. The van der Waals surface area contributed by atoms with Gasteiger partial charge < -0.3 is 19.7 Å². The van der Waals surface area contributed by atoms with Gasteiger partial charge in [0, 0.05) is 19.2 Å². The molecule has 0 saturated heterocycles. The lowest BCUT2D eigenvalue weighted by Crippen LogP contribution is -2.51. The van der Waals surface area contributed by atoms with Crippen LogP contribution >= 0.6 is 0 Å². The molecule has 0 heterocycles. The molecule has 0 spiro atoms. The Kier molecular flexibility index (Phi) is 10.9. The van der Waals surface area contributed by atoms with E-state index < -0.39 is 34.3 Å². The maximum atomic E-state index is 14.0. The van der Waals surface area contributed by atoms with E-state index in [4.69, 9.17) is 9.47 Å². The summed E-state index contributed by atoms with van der Waals surface area (Å²) in [6.45, 7) is 7.29. The summed E-state index contributed by atoms with van der Waals surface area (Å²) in [5, 5.41) is 2.85. The molecule has 0 aliphatic rings. The van der Waals surface area contributed by atoms with Crippen LogP contribution < -0.4 is 19.1 Å². The Balaban J connectivity index is 2.05. The van der Waals surface area contributed by atoms with Crippen LogP contribution in [0.2, 0.25) is 0 Å². The lowest BCUT2D eigenvalue weighted by Gasteiger charge is -2.32. The summed E-state index contributed by atoms with van der Waals surface area (Å²) in [4.78, 5) is 28.3. The van der Waals surface area contributed by atoms with E-state index in [1.165, 1.54) is 49.5 Å². The molecule has 0 bridgehead atoms. The molecule has 0 aliphatic carbocycles. The lowest BCUT2D eigenvalue weighted by molar-refractivity contribution is -0.139. The summed E-state index contributed by atoms with van der Waals surface area (Å²) in [5.74, 6) is -0.836. The SMILES string of the molecule is COc1ccc(S(=O)(=O)N(CC(=O)N(Cc2cccc(C)c2)C(C)C(=O)NCC(C)C)c2ccc(F)cc2)cc1OC. The lowest BCUT2D eigenvalue weighted by atomic mass is 10.1. The molecule has 0 radical (unpaired) electrons. The number of sulfonamides is 1. The van der Waals surface area contributed by atoms with Gasteiger partial charge in [-0.3, -0.25) is 13.9 Å². The van der Waals surface area contributed by atoms with Gasteiger partial charge in [0.2, 0.25) is 11.8 Å². The number of benzene rings is 3. The van der Waals surface area contributed by atoms with Gasteiger partial charge in [-0.05, 0) is 61.7 Å². The number of anilines is 1. The summed E-state index contributed by atoms with van der Waals surface area (Å²) in [6.07, 6.45) is 0. The fourth-order valence-electron chi connectivity index (χ4n) is 4.28. The van der Waals surface area contributed by atoms with Gasteiger partial charge in [0.25, 0.3) is 10.0 Å². The molecule has 1 unspecified atom stereocenters. The molecule has 0 fully saturated rings. The largest absolute Gasteiger partial charge is 0.493 e. The van der Waals surface area contributed by atoms with E-state index in [0.717, 1.165) is 27.6 Å². The van der Waals surface area contributed by atoms with Crippen molar-refractivity contribution in [2.75, 3.05) is 31.6 Å². The third-order valence-corrected chi connectivity index (χ3v) is 8.39. The zero-order valence-corrected chi connectivity index (χ0v) is 25.6. The van der Waals surface area contributed by atoms with Gasteiger partial charge in [0.1, 0.15) is 18.4 Å². The number of carbonyl (C=O) groups excluding carboxylic acids is 2. The molecule has 11 heteroatoms. The molecule has 1 atom stereocenters. The minimum absolute atomic E-state index is 0.0739. The van der Waals surface area contributed by atoms with Crippen molar-refractivity contribution in [3.05, 3.63) is 83.7 Å². The highest BCUT2D eigenvalue weighted by molar-refractivity contribution is 7.92. The van der Waals surface area contributed by atoms with Crippen LogP contribution in [0.3, 0.4) is 0 Å². The molecular formula is C31H38FN3O6S. The van der Waals surface area contributed by atoms with Crippen LogP contribution in [0.5, 0.6) is 11.5 Å². The first-order chi connectivity index (χ1) is 19.9. The third-order valence-electron chi connectivity index (χ3n) is 6.62. The summed E-state index contributed by atoms with van der Waals surface area (Å²) < 4.78 is 53.3. The Labute approximate surface area is 247 Å². The first-order valence-corrected chi connectivity index (χ1v) is 14.9. The van der Waals surface area contributed by atoms with Crippen LogP contribution in [0.15, 0.2) is 71.6 Å². The standard InChI is InChI=1S/C31H38FN3O6S/c1-21(2)18-33-31(37)23(4)34(19-24-9-7-8-22(3)16-24)30(36)20-35(26-12-10-25(32)11-13-26)42(38,39)27-14-15-28(40-5)29(17-27)41-6/h7-17,21,23H,18-20H2,1-6H3,(H,33,37). The highest BCUT2D eigenvalue weighted by Crippen LogP contribution is 2.32. The van der Waals surface area contributed by atoms with Crippen molar-refractivity contribution < 1.29 is 31.9 Å². The van der Waals surface area contributed by atoms with Crippen molar-refractivity contribution in [1.29, 1.82) is 0 Å². The van der Waals surface area contributed by atoms with Gasteiger partial charge in [0.15, 0.2) is 11.5 Å². The number of carbonyl (C=O) groups is 2. The fourth-order valence-corrected chi connectivity index (χ4v) is 5.71. The fraction of sp³-hybridized carbons (Fsp3) is 0.355. The van der Waals surface area contributed by atoms with E-state index in [9.17, 15) is 22.4 Å². The van der Waals surface area contributed by atoms with Crippen molar-refractivity contribution in [2.24, 2.45) is 5.92 Å². The zero-order valence-electron chi connectivity index (χ0n) is 24.8. The van der Waals surface area contributed by atoms with Gasteiger partial charge >= 0.3 is 0 Å². The second-order valence-electron chi connectivity index (χ2n) is 10.3. The Bertz CT molecular complexity index is 1490. The number of hydrogen-bond donors (Lipinski definition) is 1. The highest BCUT2D eigenvalue weighted by Gasteiger charge is 2.33. The number of halogens is 1. The molecule has 3 rings (SSSR count). The van der Waals surface area contributed by atoms with E-state index in [-0.39, 0.29) is 34.7 Å². The van der Waals surface area contributed by atoms with Crippen molar-refractivity contribution in [3.8, 4) is 11.5 Å². The number of hydrogen-bond acceptors (Lipinski definition) is 6. The maximum absolute atomic E-state index is 14.0. The first-order valence-electron chi connectivity index (χ1n) is 13.5. The number of nitrogens with zero attached hydrogens (tertiary/aromatic N) is 2. The molecule has 3 aromatic rings. The van der Waals surface area contributed by atoms with Crippen LogP contribution in [-0.4, -0.2) is 58.5 Å². The predicted octanol–water partition coefficient (Wildman–Crippen LogP) is 4.54. The molecule has 1 N–H and O–H groups in total. The van der Waals surface area contributed by atoms with Crippen LogP contribution in [0.4, 0.5) is 10.1 Å². The Morgan fingerprint density at radius 1 is 0.929 bits per heavy atom. The molecule has 0 aliphatic heterocycles. The average Bonchev–Trinajstić information content (AvgIpc) is 2.97. The molecule has 2 amide bonds. The first kappa shape index (κ1) is 32.4. The molecule has 42 heavy (non-hydrogen) atoms. The van der Waals surface area contributed by atoms with Crippen molar-refractivity contribution >= 4 is 27.5 Å². The van der Waals surface area contributed by atoms with Crippen LogP contribution in [-0.2, 0) is 26.2 Å². The van der Waals surface area contributed by atoms with Crippen molar-refractivity contribution in [2.45, 2.75) is 45.2 Å². The van der Waals surface area contributed by atoms with Crippen molar-refractivity contribution in [1.82, 2.24) is 10.2 Å². The maximum Gasteiger partial charge on any atom is 0.264 e. The summed E-state index contributed by atoms with van der Waals surface area (Å²) in [6, 6.07) is 15.5. The van der Waals surface area contributed by atoms with Gasteiger partial charge in [-0.1, -0.05) is 43.7 Å². The third kappa shape index (κ3) is 8.00. The highest BCUT2D eigenvalue weighted by atomic mass is 32.2. The number of methoxy groups -OCH3 is 2. The number of nitrogens with one attached hydrogen (secondary N) is 1. The summed E-state index contributed by atoms with van der Waals surface area (Å²) in [7, 11) is -1.57. The smallest absolute Gasteiger partial charge is 0.264 e. The number of rotatable bonds is 13. The quantitative estimate of drug-likeness (QED) is 0.310. The minimum Gasteiger partial charge on any atom is -0.493 e. The summed E-state index contributed by atoms with van der Waals surface area (Å²) >= 11 is 0. The van der Waals surface area contributed by atoms with E-state index in [0.29, 0.717) is 12.3 Å². The topological polar surface area (TPSA) is 105 Å². The van der Waals surface area contributed by atoms with Gasteiger partial charge in [-0.2, -0.15) is 0 Å². The average molecular weight is 600 g/mol. The minimum atomic E-state index is -4.37. The monoisotopic (exact) mass is 599 g/mol. The van der Waals surface area contributed by atoms with E-state index >= 15 is 0 Å². The normalized spacial score (nSPS) is 12.0. The molecular weight excluding hydrogens is 561 g/mol. The number of amides is 2. The van der Waals surface area contributed by atoms with Gasteiger partial charge in [0.05, 0.1) is 24.8 Å². The van der Waals surface area contributed by atoms with Gasteiger partial charge in [-0.15, -0.1) is 0 Å². The second kappa shape index (κ2) is 14.2. The Morgan fingerprint density at radius 2 is 1.60 bits per heavy atom. The molecule has 226 valence electrons. The van der Waals surface area contributed by atoms with Gasteiger partial charge in [-0.25, -0.2) is 12.8 Å². The molecule has 0 aromatic heterocycles. The van der Waals surface area contributed by atoms with E-state index in [2.05, 4.69) is 5.32 Å². The molecule has 3 aromatic carbocycles. The summed E-state index contributed by atoms with van der Waals surface area (Å²) in [5.41, 5.74) is 1.83.